The molecule has 0 radical (unpaired) electrons. The van der Waals surface area contributed by atoms with Crippen LogP contribution in [0.3, 0.4) is 0 Å². The fourth-order valence-corrected chi connectivity index (χ4v) is 5.60. The van der Waals surface area contributed by atoms with Gasteiger partial charge in [0.05, 0.1) is 16.6 Å². The molecule has 1 aliphatic carbocycles. The number of rotatable bonds is 6. The third-order valence-electron chi connectivity index (χ3n) is 7.54. The summed E-state index contributed by atoms with van der Waals surface area (Å²) in [5.41, 5.74) is 5.44. The average molecular weight is 490 g/mol. The Labute approximate surface area is 216 Å². The Bertz CT molecular complexity index is 1650. The number of aryl methyl sites for hydroxylation is 1. The highest BCUT2D eigenvalue weighted by atomic mass is 16.5. The number of ether oxygens (including phenoxy) is 1. The molecule has 0 atom stereocenters. The van der Waals surface area contributed by atoms with E-state index in [0.29, 0.717) is 24.3 Å². The van der Waals surface area contributed by atoms with Gasteiger partial charge >= 0.3 is 0 Å². The lowest BCUT2D eigenvalue weighted by Crippen LogP contribution is -2.31. The number of hydrogen-bond acceptors (Lipinski definition) is 3. The fourth-order valence-electron chi connectivity index (χ4n) is 5.60. The molecule has 2 heterocycles. The van der Waals surface area contributed by atoms with Crippen LogP contribution in [0.1, 0.15) is 25.0 Å². The molecule has 1 aliphatic heterocycles. The molecule has 0 fully saturated rings. The first-order valence-corrected chi connectivity index (χ1v) is 12.5. The predicted octanol–water partition coefficient (Wildman–Crippen LogP) is 6.11. The lowest BCUT2D eigenvalue weighted by atomic mass is 9.77. The van der Waals surface area contributed by atoms with Gasteiger partial charge in [0.15, 0.2) is 12.3 Å². The van der Waals surface area contributed by atoms with Crippen molar-refractivity contribution in [1.82, 2.24) is 4.57 Å². The maximum atomic E-state index is 13.5. The Morgan fingerprint density at radius 1 is 0.973 bits per heavy atom. The van der Waals surface area contributed by atoms with Gasteiger partial charge in [-0.2, -0.15) is 4.58 Å². The second-order valence-electron chi connectivity index (χ2n) is 10.1. The largest absolute Gasteiger partial charge is 0.506 e. The van der Waals surface area contributed by atoms with Gasteiger partial charge in [-0.25, -0.2) is 0 Å². The van der Waals surface area contributed by atoms with Crippen LogP contribution in [-0.4, -0.2) is 38.9 Å². The summed E-state index contributed by atoms with van der Waals surface area (Å²) in [4.78, 5) is 13.5. The normalized spacial score (nSPS) is 17.5. The van der Waals surface area contributed by atoms with E-state index in [-0.39, 0.29) is 17.0 Å². The predicted molar refractivity (Wildman–Crippen MR) is 147 cm³/mol. The third-order valence-corrected chi connectivity index (χ3v) is 7.54. The quantitative estimate of drug-likeness (QED) is 0.263. The fraction of sp³-hybridized carbons (Fsp3) is 0.188. The van der Waals surface area contributed by atoms with Crippen molar-refractivity contribution in [2.45, 2.75) is 19.3 Å². The van der Waals surface area contributed by atoms with Crippen molar-refractivity contribution in [3.8, 4) is 5.75 Å². The lowest BCUT2D eigenvalue weighted by Gasteiger charge is -2.22. The van der Waals surface area contributed by atoms with Gasteiger partial charge in [-0.05, 0) is 32.0 Å². The highest BCUT2D eigenvalue weighted by Gasteiger charge is 2.46. The van der Waals surface area contributed by atoms with Crippen molar-refractivity contribution in [3.05, 3.63) is 114 Å². The van der Waals surface area contributed by atoms with E-state index >= 15 is 0 Å². The summed E-state index contributed by atoms with van der Waals surface area (Å²) in [7, 11) is 1.95. The summed E-state index contributed by atoms with van der Waals surface area (Å²) in [5.74, 6) is 0.748. The number of aromatic nitrogens is 1. The Hall–Kier alpha value is -4.38. The summed E-state index contributed by atoms with van der Waals surface area (Å²) < 4.78 is 10.2. The molecule has 2 aliphatic rings. The summed E-state index contributed by atoms with van der Waals surface area (Å²) in [6.45, 7) is 5.42. The minimum atomic E-state index is -0.341. The first-order chi connectivity index (χ1) is 17.9. The Morgan fingerprint density at radius 3 is 2.46 bits per heavy atom. The monoisotopic (exact) mass is 489 g/mol. The number of allylic oxidation sites excluding steroid dienone is 3. The van der Waals surface area contributed by atoms with Gasteiger partial charge in [0.1, 0.15) is 18.1 Å². The molecule has 0 bridgehead atoms. The van der Waals surface area contributed by atoms with Crippen LogP contribution in [-0.2, 0) is 17.3 Å². The zero-order valence-corrected chi connectivity index (χ0v) is 21.2. The van der Waals surface area contributed by atoms with E-state index in [1.807, 2.05) is 90.6 Å². The zero-order chi connectivity index (χ0) is 25.7. The van der Waals surface area contributed by atoms with E-state index < -0.39 is 0 Å². The summed E-state index contributed by atoms with van der Waals surface area (Å²) >= 11 is 0. The maximum absolute atomic E-state index is 13.5. The number of fused-ring (bicyclic) bond motifs is 2. The number of carbonyl (C=O) groups is 1. The van der Waals surface area contributed by atoms with E-state index in [2.05, 4.69) is 30.6 Å². The molecular formula is C32H29N2O3+. The smallest absolute Gasteiger partial charge is 0.209 e. The van der Waals surface area contributed by atoms with Crippen LogP contribution >= 0.6 is 0 Å². The van der Waals surface area contributed by atoms with Crippen LogP contribution < -0.4 is 4.74 Å². The molecule has 3 aromatic carbocycles. The number of para-hydroxylation sites is 3. The first-order valence-electron chi connectivity index (χ1n) is 12.5. The minimum Gasteiger partial charge on any atom is -0.506 e. The molecule has 5 heteroatoms. The third kappa shape index (κ3) is 3.61. The number of ketones is 1. The maximum Gasteiger partial charge on any atom is 0.209 e. The van der Waals surface area contributed by atoms with E-state index in [9.17, 15) is 9.90 Å². The van der Waals surface area contributed by atoms with Gasteiger partial charge in [-0.3, -0.25) is 4.79 Å². The number of Topliss-reactive ketones (excluding diaryl/α,β-unsaturated/α-hetero) is 1. The average Bonchev–Trinajstić information content (AvgIpc) is 3.34. The zero-order valence-electron chi connectivity index (χ0n) is 21.2. The number of hydrogen-bond donors (Lipinski definition) is 1. The van der Waals surface area contributed by atoms with Crippen molar-refractivity contribution < 1.29 is 19.2 Å². The van der Waals surface area contributed by atoms with Crippen LogP contribution in [0.5, 0.6) is 5.75 Å². The number of benzene rings is 3. The molecule has 37 heavy (non-hydrogen) atoms. The molecule has 0 saturated carbocycles. The lowest BCUT2D eigenvalue weighted by molar-refractivity contribution is -0.439. The minimum absolute atomic E-state index is 0.0566. The SMILES string of the molecule is Cn1cc(C2=C(O)C(=CC3=[N+](CCOc4ccccc4)c4ccccc4C3(C)C)C2=O)c2ccccc21. The van der Waals surface area contributed by atoms with Crippen LogP contribution in [0.25, 0.3) is 16.5 Å². The van der Waals surface area contributed by atoms with E-state index in [1.54, 1.807) is 0 Å². The van der Waals surface area contributed by atoms with Crippen LogP contribution in [0.2, 0.25) is 0 Å². The molecule has 0 spiro atoms. The molecule has 6 rings (SSSR count). The number of nitrogens with zero attached hydrogens (tertiary/aromatic N) is 2. The van der Waals surface area contributed by atoms with Crippen molar-refractivity contribution in [2.75, 3.05) is 13.2 Å². The van der Waals surface area contributed by atoms with Gasteiger partial charge in [-0.1, -0.05) is 54.6 Å². The second-order valence-corrected chi connectivity index (χ2v) is 10.1. The molecular weight excluding hydrogens is 460 g/mol. The summed E-state index contributed by atoms with van der Waals surface area (Å²) in [5, 5.41) is 12.1. The van der Waals surface area contributed by atoms with Crippen LogP contribution in [0.15, 0.2) is 102 Å². The van der Waals surface area contributed by atoms with Crippen molar-refractivity contribution in [3.63, 3.8) is 0 Å². The Morgan fingerprint density at radius 2 is 1.68 bits per heavy atom. The number of carbonyl (C=O) groups excluding carboxylic acids is 1. The van der Waals surface area contributed by atoms with Crippen LogP contribution in [0, 0.1) is 0 Å². The van der Waals surface area contributed by atoms with Gasteiger partial charge in [-0.15, -0.1) is 0 Å². The highest BCUT2D eigenvalue weighted by molar-refractivity contribution is 6.41. The Kier molecular flexibility index (Phi) is 5.37. The van der Waals surface area contributed by atoms with Gasteiger partial charge in [0.25, 0.3) is 0 Å². The molecule has 0 saturated heterocycles. The van der Waals surface area contributed by atoms with E-state index in [1.165, 1.54) is 5.56 Å². The second kappa shape index (κ2) is 8.63. The van der Waals surface area contributed by atoms with Crippen molar-refractivity contribution >= 4 is 33.7 Å². The standard InChI is InChI=1S/C32H28N2O3/c1-32(2)25-14-8-10-16-27(25)34(17-18-37-21-11-5-4-6-12-21)28(32)19-23-30(35)29(31(23)36)24-20-33(3)26-15-9-7-13-22(24)26/h4-16,19-20H,17-18H2,1-3H3/p+1. The summed E-state index contributed by atoms with van der Waals surface area (Å²) in [6.07, 6.45) is 3.79. The van der Waals surface area contributed by atoms with Gasteiger partial charge < -0.3 is 14.4 Å². The molecule has 184 valence electrons. The Balaban J connectivity index is 1.40. The van der Waals surface area contributed by atoms with Crippen molar-refractivity contribution in [2.24, 2.45) is 7.05 Å². The van der Waals surface area contributed by atoms with E-state index in [0.717, 1.165) is 33.6 Å². The molecule has 0 amide bonds. The topological polar surface area (TPSA) is 54.5 Å². The summed E-state index contributed by atoms with van der Waals surface area (Å²) in [6, 6.07) is 26.0. The molecule has 4 aromatic rings. The molecule has 5 nitrogen and oxygen atoms in total. The van der Waals surface area contributed by atoms with Crippen LogP contribution in [0.4, 0.5) is 5.69 Å². The van der Waals surface area contributed by atoms with Gasteiger partial charge in [0, 0.05) is 47.4 Å². The molecule has 1 aromatic heterocycles. The van der Waals surface area contributed by atoms with E-state index in [4.69, 9.17) is 4.74 Å². The number of aliphatic hydroxyl groups excluding tert-OH is 1. The van der Waals surface area contributed by atoms with Crippen molar-refractivity contribution in [1.29, 1.82) is 0 Å². The molecule has 1 N–H and O–H groups in total. The highest BCUT2D eigenvalue weighted by Crippen LogP contribution is 2.43. The number of aliphatic hydroxyl groups is 1. The first kappa shape index (κ1) is 23.0. The van der Waals surface area contributed by atoms with Gasteiger partial charge in [0.2, 0.25) is 11.5 Å². The molecule has 0 unspecified atom stereocenters.